The quantitative estimate of drug-likeness (QED) is 0.740. The monoisotopic (exact) mass is 261 g/mol. The Hall–Kier alpha value is -2.15. The lowest BCUT2D eigenvalue weighted by Crippen LogP contribution is -2.09. The summed E-state index contributed by atoms with van der Waals surface area (Å²) in [4.78, 5) is 13.7. The summed E-state index contributed by atoms with van der Waals surface area (Å²) >= 11 is 1.43. The van der Waals surface area contributed by atoms with Crippen molar-refractivity contribution in [3.8, 4) is 0 Å². The highest BCUT2D eigenvalue weighted by Crippen LogP contribution is 2.28. The zero-order valence-electron chi connectivity index (χ0n) is 9.89. The van der Waals surface area contributed by atoms with E-state index in [4.69, 9.17) is 0 Å². The van der Waals surface area contributed by atoms with Crippen molar-refractivity contribution in [2.45, 2.75) is 6.92 Å². The van der Waals surface area contributed by atoms with Gasteiger partial charge in [0, 0.05) is 18.6 Å². The topological polar surface area (TPSA) is 75.6 Å². The minimum Gasteiger partial charge on any atom is -0.319 e. The van der Waals surface area contributed by atoms with Gasteiger partial charge in [-0.3, -0.25) is 14.6 Å². The van der Waals surface area contributed by atoms with Crippen molar-refractivity contribution >= 4 is 33.1 Å². The van der Waals surface area contributed by atoms with Crippen LogP contribution in [0.25, 0.3) is 10.2 Å². The van der Waals surface area contributed by atoms with Crippen LogP contribution in [0.1, 0.15) is 15.4 Å². The van der Waals surface area contributed by atoms with Crippen molar-refractivity contribution in [3.63, 3.8) is 0 Å². The average molecular weight is 261 g/mol. The molecular formula is C11H11N5OS. The third kappa shape index (κ3) is 1.68. The van der Waals surface area contributed by atoms with Crippen LogP contribution < -0.4 is 5.32 Å². The molecule has 0 fully saturated rings. The summed E-state index contributed by atoms with van der Waals surface area (Å²) in [7, 11) is 1.88. The van der Waals surface area contributed by atoms with Gasteiger partial charge in [0.2, 0.25) is 0 Å². The molecule has 0 bridgehead atoms. The highest BCUT2D eigenvalue weighted by molar-refractivity contribution is 7.20. The van der Waals surface area contributed by atoms with Gasteiger partial charge in [-0.1, -0.05) is 0 Å². The third-order valence-electron chi connectivity index (χ3n) is 2.68. The van der Waals surface area contributed by atoms with Gasteiger partial charge in [0.15, 0.2) is 0 Å². The molecule has 0 saturated carbocycles. The van der Waals surface area contributed by atoms with Crippen molar-refractivity contribution in [1.82, 2.24) is 20.0 Å². The zero-order chi connectivity index (χ0) is 12.7. The molecule has 92 valence electrons. The molecular weight excluding hydrogens is 250 g/mol. The fourth-order valence-corrected chi connectivity index (χ4v) is 2.85. The summed E-state index contributed by atoms with van der Waals surface area (Å²) < 4.78 is 1.80. The largest absolute Gasteiger partial charge is 0.319 e. The maximum Gasteiger partial charge on any atom is 0.265 e. The normalized spacial score (nSPS) is 11.0. The average Bonchev–Trinajstić information content (AvgIpc) is 3.00. The van der Waals surface area contributed by atoms with E-state index in [1.165, 1.54) is 11.3 Å². The molecule has 6 nitrogen and oxygen atoms in total. The van der Waals surface area contributed by atoms with E-state index in [0.717, 1.165) is 15.9 Å². The standard InChI is InChI=1S/C11H11N5OS/c1-6-8-3-9(18-11(8)16(2)15-6)10(17)14-7-4-12-13-5-7/h3-5H,1-2H3,(H,12,13)(H,14,17). The van der Waals surface area contributed by atoms with E-state index < -0.39 is 0 Å². The predicted molar refractivity (Wildman–Crippen MR) is 69.9 cm³/mol. The molecule has 0 aliphatic rings. The number of hydrogen-bond donors (Lipinski definition) is 2. The molecule has 0 spiro atoms. The number of nitrogens with zero attached hydrogens (tertiary/aromatic N) is 3. The molecule has 3 aromatic rings. The second kappa shape index (κ2) is 3.95. The van der Waals surface area contributed by atoms with Crippen LogP contribution in [0.2, 0.25) is 0 Å². The first-order valence-electron chi connectivity index (χ1n) is 5.38. The minimum atomic E-state index is -0.128. The first-order valence-corrected chi connectivity index (χ1v) is 6.20. The van der Waals surface area contributed by atoms with Crippen LogP contribution in [0.15, 0.2) is 18.5 Å². The molecule has 0 aliphatic heterocycles. The van der Waals surface area contributed by atoms with Gasteiger partial charge in [-0.05, 0) is 13.0 Å². The zero-order valence-corrected chi connectivity index (χ0v) is 10.7. The van der Waals surface area contributed by atoms with Gasteiger partial charge < -0.3 is 5.32 Å². The fourth-order valence-electron chi connectivity index (χ4n) is 1.83. The summed E-state index contributed by atoms with van der Waals surface area (Å²) in [6.45, 7) is 1.94. The molecule has 7 heteroatoms. The second-order valence-electron chi connectivity index (χ2n) is 3.98. The van der Waals surface area contributed by atoms with E-state index in [9.17, 15) is 4.79 Å². The number of hydrogen-bond acceptors (Lipinski definition) is 4. The lowest BCUT2D eigenvalue weighted by atomic mass is 10.3. The van der Waals surface area contributed by atoms with Crippen molar-refractivity contribution in [3.05, 3.63) is 29.0 Å². The first kappa shape index (κ1) is 11.0. The van der Waals surface area contributed by atoms with Crippen molar-refractivity contribution in [2.24, 2.45) is 7.05 Å². The van der Waals surface area contributed by atoms with Crippen LogP contribution in [0.5, 0.6) is 0 Å². The number of H-pyrrole nitrogens is 1. The summed E-state index contributed by atoms with van der Waals surface area (Å²) in [5.74, 6) is -0.128. The number of amides is 1. The van der Waals surface area contributed by atoms with Crippen LogP contribution in [0.3, 0.4) is 0 Å². The molecule has 0 aromatic carbocycles. The lowest BCUT2D eigenvalue weighted by molar-refractivity contribution is 0.103. The lowest BCUT2D eigenvalue weighted by Gasteiger charge is -1.98. The number of carbonyl (C=O) groups is 1. The first-order chi connectivity index (χ1) is 8.65. The van der Waals surface area contributed by atoms with E-state index in [1.54, 1.807) is 17.1 Å². The molecule has 18 heavy (non-hydrogen) atoms. The molecule has 0 atom stereocenters. The Balaban J connectivity index is 1.94. The number of aromatic nitrogens is 4. The number of aryl methyl sites for hydroxylation is 2. The maximum absolute atomic E-state index is 12.0. The summed E-state index contributed by atoms with van der Waals surface area (Å²) in [5.41, 5.74) is 1.60. The minimum absolute atomic E-state index is 0.128. The van der Waals surface area contributed by atoms with Gasteiger partial charge in [0.1, 0.15) is 4.83 Å². The molecule has 3 aromatic heterocycles. The van der Waals surface area contributed by atoms with Gasteiger partial charge in [0.05, 0.1) is 22.5 Å². The highest BCUT2D eigenvalue weighted by Gasteiger charge is 2.15. The smallest absolute Gasteiger partial charge is 0.265 e. The summed E-state index contributed by atoms with van der Waals surface area (Å²) in [6.07, 6.45) is 3.20. The van der Waals surface area contributed by atoms with Gasteiger partial charge in [-0.25, -0.2) is 0 Å². The van der Waals surface area contributed by atoms with E-state index in [2.05, 4.69) is 20.6 Å². The van der Waals surface area contributed by atoms with E-state index in [-0.39, 0.29) is 5.91 Å². The molecule has 0 unspecified atom stereocenters. The molecule has 0 saturated heterocycles. The Morgan fingerprint density at radius 1 is 1.56 bits per heavy atom. The molecule has 3 heterocycles. The predicted octanol–water partition coefficient (Wildman–Crippen LogP) is 1.92. The van der Waals surface area contributed by atoms with E-state index in [0.29, 0.717) is 10.6 Å². The van der Waals surface area contributed by atoms with Crippen LogP contribution in [-0.2, 0) is 7.05 Å². The van der Waals surface area contributed by atoms with Crippen molar-refractivity contribution < 1.29 is 4.79 Å². The van der Waals surface area contributed by atoms with Crippen LogP contribution >= 0.6 is 11.3 Å². The van der Waals surface area contributed by atoms with Gasteiger partial charge in [-0.15, -0.1) is 11.3 Å². The third-order valence-corrected chi connectivity index (χ3v) is 3.88. The van der Waals surface area contributed by atoms with E-state index in [1.807, 2.05) is 20.0 Å². The summed E-state index contributed by atoms with van der Waals surface area (Å²) in [5, 5.41) is 14.5. The Kier molecular flexibility index (Phi) is 2.41. The molecule has 3 rings (SSSR count). The van der Waals surface area contributed by atoms with Gasteiger partial charge >= 0.3 is 0 Å². The Morgan fingerprint density at radius 2 is 2.39 bits per heavy atom. The number of aromatic amines is 1. The van der Waals surface area contributed by atoms with Gasteiger partial charge in [-0.2, -0.15) is 10.2 Å². The number of fused-ring (bicyclic) bond motifs is 1. The van der Waals surface area contributed by atoms with Crippen LogP contribution in [0, 0.1) is 6.92 Å². The number of carbonyl (C=O) groups excluding carboxylic acids is 1. The van der Waals surface area contributed by atoms with Crippen molar-refractivity contribution in [2.75, 3.05) is 5.32 Å². The van der Waals surface area contributed by atoms with Crippen molar-refractivity contribution in [1.29, 1.82) is 0 Å². The molecule has 2 N–H and O–H groups in total. The number of rotatable bonds is 2. The molecule has 1 amide bonds. The fraction of sp³-hybridized carbons (Fsp3) is 0.182. The maximum atomic E-state index is 12.0. The Bertz CT molecular complexity index is 675. The second-order valence-corrected chi connectivity index (χ2v) is 5.01. The SMILES string of the molecule is Cc1nn(C)c2sc(C(=O)Nc3cn[nH]c3)cc12. The number of nitrogens with one attached hydrogen (secondary N) is 2. The number of thiophene rings is 1. The molecule has 0 aliphatic carbocycles. The molecule has 0 radical (unpaired) electrons. The van der Waals surface area contributed by atoms with E-state index >= 15 is 0 Å². The summed E-state index contributed by atoms with van der Waals surface area (Å²) in [6, 6.07) is 1.87. The highest BCUT2D eigenvalue weighted by atomic mass is 32.1. The Labute approximate surface area is 107 Å². The Morgan fingerprint density at radius 3 is 3.06 bits per heavy atom. The van der Waals surface area contributed by atoms with Crippen LogP contribution in [0.4, 0.5) is 5.69 Å². The van der Waals surface area contributed by atoms with Crippen LogP contribution in [-0.4, -0.2) is 25.9 Å². The van der Waals surface area contributed by atoms with Gasteiger partial charge in [0.25, 0.3) is 5.91 Å². The number of anilines is 1.